The molecule has 0 amide bonds. The van der Waals surface area contributed by atoms with Crippen LogP contribution < -0.4 is 14.8 Å². The van der Waals surface area contributed by atoms with E-state index in [2.05, 4.69) is 19.0 Å². The van der Waals surface area contributed by atoms with Crippen molar-refractivity contribution in [2.45, 2.75) is 32.7 Å². The zero-order chi connectivity index (χ0) is 22.5. The van der Waals surface area contributed by atoms with Gasteiger partial charge in [0.05, 0.1) is 19.4 Å². The molecule has 1 unspecified atom stereocenters. The van der Waals surface area contributed by atoms with Crippen LogP contribution in [0.3, 0.4) is 0 Å². The maximum Gasteiger partial charge on any atom is 0.339 e. The van der Waals surface area contributed by atoms with Crippen molar-refractivity contribution in [1.82, 2.24) is 4.57 Å². The summed E-state index contributed by atoms with van der Waals surface area (Å²) in [6, 6.07) is 5.82. The Labute approximate surface area is 182 Å². The molecule has 0 fully saturated rings. The predicted molar refractivity (Wildman–Crippen MR) is 116 cm³/mol. The number of ether oxygens (including phenoxy) is 3. The van der Waals surface area contributed by atoms with Gasteiger partial charge in [-0.1, -0.05) is 19.0 Å². The number of fused-ring (bicyclic) bond motifs is 3. The number of methoxy groups -OCH3 is 2. The summed E-state index contributed by atoms with van der Waals surface area (Å²) in [4.78, 5) is 16.7. The molecule has 1 aliphatic heterocycles. The molecule has 2 aromatic rings. The summed E-state index contributed by atoms with van der Waals surface area (Å²) in [5, 5.41) is 13.9. The minimum Gasteiger partial charge on any atom is -0.493 e. The highest BCUT2D eigenvalue weighted by Crippen LogP contribution is 2.42. The molecule has 2 heterocycles. The number of carboxylic acid groups (broad SMARTS) is 1. The van der Waals surface area contributed by atoms with Crippen molar-refractivity contribution in [3.8, 4) is 22.8 Å². The monoisotopic (exact) mass is 430 g/mol. The van der Waals surface area contributed by atoms with Crippen LogP contribution in [0, 0.1) is 5.92 Å². The van der Waals surface area contributed by atoms with Gasteiger partial charge in [0.1, 0.15) is 18.0 Å². The number of carbonyl (C=O) groups is 1. The number of carboxylic acids is 1. The molecular formula is C23H30N2O6. The number of aromatic nitrogens is 1. The molecule has 1 aliphatic rings. The first-order valence-corrected chi connectivity index (χ1v) is 10.3. The number of pyridine rings is 1. The number of benzene rings is 1. The SMILES string of the molecule is COCCCOc1cc2c(cc1OC)-c1c/c(=N\OC)c(C(=O)O)cn1C(C(C)C)C2. The Kier molecular flexibility index (Phi) is 7.22. The maximum atomic E-state index is 11.8. The minimum absolute atomic E-state index is 0.0898. The second-order valence-corrected chi connectivity index (χ2v) is 7.81. The van der Waals surface area contributed by atoms with Crippen molar-refractivity contribution >= 4 is 5.97 Å². The van der Waals surface area contributed by atoms with Gasteiger partial charge < -0.3 is 28.7 Å². The second-order valence-electron chi connectivity index (χ2n) is 7.81. The normalized spacial score (nSPS) is 15.4. The Hall–Kier alpha value is -3.00. The van der Waals surface area contributed by atoms with Gasteiger partial charge in [-0.3, -0.25) is 0 Å². The summed E-state index contributed by atoms with van der Waals surface area (Å²) in [6.07, 6.45) is 3.19. The molecule has 0 radical (unpaired) electrons. The zero-order valence-corrected chi connectivity index (χ0v) is 18.7. The van der Waals surface area contributed by atoms with Crippen molar-refractivity contribution in [2.24, 2.45) is 11.1 Å². The van der Waals surface area contributed by atoms with Crippen LogP contribution in [0.1, 0.15) is 42.2 Å². The summed E-state index contributed by atoms with van der Waals surface area (Å²) >= 11 is 0. The third-order valence-electron chi connectivity index (χ3n) is 5.49. The first kappa shape index (κ1) is 22.7. The van der Waals surface area contributed by atoms with E-state index in [-0.39, 0.29) is 22.9 Å². The molecule has 0 spiro atoms. The van der Waals surface area contributed by atoms with Crippen molar-refractivity contribution in [3.63, 3.8) is 0 Å². The number of hydrogen-bond acceptors (Lipinski definition) is 6. The van der Waals surface area contributed by atoms with E-state index in [4.69, 9.17) is 19.0 Å². The van der Waals surface area contributed by atoms with E-state index in [1.165, 1.54) is 7.11 Å². The third kappa shape index (κ3) is 4.69. The van der Waals surface area contributed by atoms with Crippen LogP contribution in [0.25, 0.3) is 11.3 Å². The van der Waals surface area contributed by atoms with Crippen LogP contribution in [0.2, 0.25) is 0 Å². The lowest BCUT2D eigenvalue weighted by Crippen LogP contribution is -2.28. The molecular weight excluding hydrogens is 400 g/mol. The predicted octanol–water partition coefficient (Wildman–Crippen LogP) is 3.49. The average Bonchev–Trinajstić information content (AvgIpc) is 2.75. The van der Waals surface area contributed by atoms with Gasteiger partial charge in [0.2, 0.25) is 0 Å². The first-order valence-electron chi connectivity index (χ1n) is 10.3. The molecule has 3 rings (SSSR count). The third-order valence-corrected chi connectivity index (χ3v) is 5.49. The Morgan fingerprint density at radius 2 is 1.97 bits per heavy atom. The van der Waals surface area contributed by atoms with E-state index in [0.717, 1.165) is 29.7 Å². The Morgan fingerprint density at radius 3 is 2.58 bits per heavy atom. The van der Waals surface area contributed by atoms with E-state index in [0.29, 0.717) is 24.7 Å². The van der Waals surface area contributed by atoms with E-state index < -0.39 is 5.97 Å². The molecule has 1 aromatic heterocycles. The van der Waals surface area contributed by atoms with Crippen LogP contribution in [-0.4, -0.2) is 50.2 Å². The summed E-state index contributed by atoms with van der Waals surface area (Å²) in [6.45, 7) is 5.42. The summed E-state index contributed by atoms with van der Waals surface area (Å²) in [5.41, 5.74) is 3.05. The van der Waals surface area contributed by atoms with Crippen LogP contribution in [0.15, 0.2) is 29.6 Å². The van der Waals surface area contributed by atoms with Gasteiger partial charge in [0.25, 0.3) is 0 Å². The van der Waals surface area contributed by atoms with Crippen LogP contribution in [-0.2, 0) is 16.0 Å². The zero-order valence-electron chi connectivity index (χ0n) is 18.7. The van der Waals surface area contributed by atoms with Crippen molar-refractivity contribution in [1.29, 1.82) is 0 Å². The lowest BCUT2D eigenvalue weighted by molar-refractivity contribution is 0.0691. The fourth-order valence-corrected chi connectivity index (χ4v) is 3.93. The molecule has 0 bridgehead atoms. The lowest BCUT2D eigenvalue weighted by Gasteiger charge is -2.34. The highest BCUT2D eigenvalue weighted by Gasteiger charge is 2.29. The topological polar surface area (TPSA) is 91.5 Å². The molecule has 0 saturated carbocycles. The Balaban J connectivity index is 2.16. The standard InChI is InChI=1S/C23H30N2O6/c1-14(2)19-9-15-10-22(31-8-6-7-28-3)21(29-4)11-16(15)20-12-18(24-30-5)17(23(26)27)13-25(19)20/h10-14,19H,6-9H2,1-5H3,(H,26,27)/b24-18+. The molecule has 8 nitrogen and oxygen atoms in total. The first-order chi connectivity index (χ1) is 14.9. The summed E-state index contributed by atoms with van der Waals surface area (Å²) < 4.78 is 18.7. The fraction of sp³-hybridized carbons (Fsp3) is 0.478. The number of aromatic carboxylic acids is 1. The van der Waals surface area contributed by atoms with Gasteiger partial charge in [0.15, 0.2) is 11.5 Å². The van der Waals surface area contributed by atoms with Crippen LogP contribution in [0.5, 0.6) is 11.5 Å². The molecule has 0 aliphatic carbocycles. The maximum absolute atomic E-state index is 11.8. The molecule has 1 atom stereocenters. The molecule has 168 valence electrons. The number of hydrogen-bond donors (Lipinski definition) is 1. The van der Waals surface area contributed by atoms with E-state index in [9.17, 15) is 9.90 Å². The molecule has 8 heteroatoms. The Morgan fingerprint density at radius 1 is 1.19 bits per heavy atom. The van der Waals surface area contributed by atoms with Gasteiger partial charge in [-0.25, -0.2) is 4.79 Å². The molecule has 1 aromatic carbocycles. The fourth-order valence-electron chi connectivity index (χ4n) is 3.93. The van der Waals surface area contributed by atoms with Crippen molar-refractivity contribution in [3.05, 3.63) is 40.9 Å². The quantitative estimate of drug-likeness (QED) is 0.484. The second kappa shape index (κ2) is 9.87. The highest BCUT2D eigenvalue weighted by atomic mass is 16.6. The largest absolute Gasteiger partial charge is 0.493 e. The average molecular weight is 431 g/mol. The van der Waals surface area contributed by atoms with Crippen molar-refractivity contribution < 1.29 is 28.9 Å². The molecule has 31 heavy (non-hydrogen) atoms. The van der Waals surface area contributed by atoms with Gasteiger partial charge in [-0.2, -0.15) is 0 Å². The van der Waals surface area contributed by atoms with Gasteiger partial charge in [-0.05, 0) is 36.1 Å². The Bertz CT molecular complexity index is 1010. The molecule has 0 saturated heterocycles. The van der Waals surface area contributed by atoms with Crippen LogP contribution >= 0.6 is 0 Å². The molecule has 1 N–H and O–H groups in total. The number of rotatable bonds is 9. The summed E-state index contributed by atoms with van der Waals surface area (Å²) in [5.74, 6) is 0.559. The smallest absolute Gasteiger partial charge is 0.339 e. The van der Waals surface area contributed by atoms with Crippen molar-refractivity contribution in [2.75, 3.05) is 34.5 Å². The highest BCUT2D eigenvalue weighted by molar-refractivity contribution is 5.87. The lowest BCUT2D eigenvalue weighted by atomic mass is 9.87. The van der Waals surface area contributed by atoms with Crippen LogP contribution in [0.4, 0.5) is 0 Å². The van der Waals surface area contributed by atoms with E-state index >= 15 is 0 Å². The van der Waals surface area contributed by atoms with Gasteiger partial charge in [-0.15, -0.1) is 0 Å². The van der Waals surface area contributed by atoms with Gasteiger partial charge >= 0.3 is 5.97 Å². The van der Waals surface area contributed by atoms with E-state index in [1.54, 1.807) is 26.5 Å². The minimum atomic E-state index is -1.04. The van der Waals surface area contributed by atoms with E-state index in [1.807, 2.05) is 16.7 Å². The summed E-state index contributed by atoms with van der Waals surface area (Å²) in [7, 11) is 4.68. The van der Waals surface area contributed by atoms with Gasteiger partial charge in [0, 0.05) is 37.9 Å². The number of nitrogens with zero attached hydrogens (tertiary/aromatic N) is 2.